The fourth-order valence-corrected chi connectivity index (χ4v) is 5.19. The molecule has 1 saturated heterocycles. The summed E-state index contributed by atoms with van der Waals surface area (Å²) < 4.78 is 5.53. The van der Waals surface area contributed by atoms with E-state index in [1.54, 1.807) is 0 Å². The second kappa shape index (κ2) is 13.4. The monoisotopic (exact) mass is 569 g/mol. The summed E-state index contributed by atoms with van der Waals surface area (Å²) in [5.41, 5.74) is 0.863. The maximum absolute atomic E-state index is 12.3. The Hall–Kier alpha value is -1.55. The number of carbonyl (C=O) groups is 1. The van der Waals surface area contributed by atoms with E-state index in [0.717, 1.165) is 36.4 Å². The van der Waals surface area contributed by atoms with Crippen LogP contribution < -0.4 is 20.3 Å². The smallest absolute Gasteiger partial charge is 0.265 e. The molecule has 0 unspecified atom stereocenters. The van der Waals surface area contributed by atoms with E-state index >= 15 is 0 Å². The number of piperidine rings is 1. The van der Waals surface area contributed by atoms with Crippen LogP contribution in [0.3, 0.4) is 0 Å². The number of aliphatic imine (C=N–C) groups is 1. The zero-order valence-corrected chi connectivity index (χ0v) is 22.3. The summed E-state index contributed by atoms with van der Waals surface area (Å²) in [6, 6.07) is 9.05. The SMILES string of the molecule is CCNC(=NCCCN1C(=O)COc2ccccc21)NC1CCN(C2CCCCC2)CC1.I. The summed E-state index contributed by atoms with van der Waals surface area (Å²) >= 11 is 0. The number of nitrogens with one attached hydrogen (secondary N) is 2. The van der Waals surface area contributed by atoms with Crippen molar-refractivity contribution in [2.24, 2.45) is 4.99 Å². The van der Waals surface area contributed by atoms with Gasteiger partial charge in [0.1, 0.15) is 5.75 Å². The number of para-hydroxylation sites is 2. The van der Waals surface area contributed by atoms with Crippen molar-refractivity contribution >= 4 is 41.5 Å². The summed E-state index contributed by atoms with van der Waals surface area (Å²) in [6.45, 7) is 6.80. The standard InChI is InChI=1S/C25H39N5O2.HI/c1-2-26-25(28-20-13-17-29(18-14-20)21-9-4-3-5-10-21)27-15-8-16-30-22-11-6-7-12-23(22)32-19-24(30)31;/h6-7,11-12,20-21H,2-5,8-10,13-19H2,1H3,(H2,26,27,28);1H. The highest BCUT2D eigenvalue weighted by Gasteiger charge is 2.27. The highest BCUT2D eigenvalue weighted by Crippen LogP contribution is 2.31. The highest BCUT2D eigenvalue weighted by atomic mass is 127. The predicted molar refractivity (Wildman–Crippen MR) is 145 cm³/mol. The third-order valence-corrected chi connectivity index (χ3v) is 6.92. The summed E-state index contributed by atoms with van der Waals surface area (Å²) in [5, 5.41) is 7.05. The molecule has 4 rings (SSSR count). The lowest BCUT2D eigenvalue weighted by Gasteiger charge is -2.39. The van der Waals surface area contributed by atoms with Crippen LogP contribution in [0, 0.1) is 0 Å². The lowest BCUT2D eigenvalue weighted by molar-refractivity contribution is -0.121. The minimum Gasteiger partial charge on any atom is -0.482 e. The molecule has 184 valence electrons. The summed E-state index contributed by atoms with van der Waals surface area (Å²) in [5.74, 6) is 1.70. The molecule has 2 heterocycles. The number of anilines is 1. The van der Waals surface area contributed by atoms with Gasteiger partial charge in [0.15, 0.2) is 12.6 Å². The third kappa shape index (κ3) is 7.21. The Labute approximate surface area is 215 Å². The van der Waals surface area contributed by atoms with Crippen molar-refractivity contribution in [1.29, 1.82) is 0 Å². The van der Waals surface area contributed by atoms with Gasteiger partial charge in [-0.1, -0.05) is 31.4 Å². The van der Waals surface area contributed by atoms with Crippen LogP contribution in [0.15, 0.2) is 29.3 Å². The van der Waals surface area contributed by atoms with Gasteiger partial charge in [-0.3, -0.25) is 9.79 Å². The molecule has 7 nitrogen and oxygen atoms in total. The molecule has 1 saturated carbocycles. The number of rotatable bonds is 7. The van der Waals surface area contributed by atoms with Gasteiger partial charge in [-0.05, 0) is 51.2 Å². The molecule has 33 heavy (non-hydrogen) atoms. The van der Waals surface area contributed by atoms with Crippen molar-refractivity contribution in [3.63, 3.8) is 0 Å². The zero-order valence-electron chi connectivity index (χ0n) is 19.9. The number of likely N-dealkylation sites (tertiary alicyclic amines) is 1. The van der Waals surface area contributed by atoms with E-state index < -0.39 is 0 Å². The van der Waals surface area contributed by atoms with Crippen molar-refractivity contribution < 1.29 is 9.53 Å². The van der Waals surface area contributed by atoms with Crippen molar-refractivity contribution in [3.8, 4) is 5.75 Å². The number of guanidine groups is 1. The average molecular weight is 570 g/mol. The molecule has 1 aromatic carbocycles. The average Bonchev–Trinajstić information content (AvgIpc) is 2.84. The van der Waals surface area contributed by atoms with Crippen molar-refractivity contribution in [2.75, 3.05) is 44.2 Å². The molecule has 1 aromatic rings. The van der Waals surface area contributed by atoms with Gasteiger partial charge < -0.3 is 25.2 Å². The second-order valence-corrected chi connectivity index (χ2v) is 9.16. The third-order valence-electron chi connectivity index (χ3n) is 6.92. The molecule has 0 radical (unpaired) electrons. The topological polar surface area (TPSA) is 69.2 Å². The Morgan fingerprint density at radius 1 is 1.12 bits per heavy atom. The van der Waals surface area contributed by atoms with Crippen LogP contribution in [-0.4, -0.2) is 68.2 Å². The molecule has 1 aliphatic carbocycles. The van der Waals surface area contributed by atoms with Gasteiger partial charge in [0.25, 0.3) is 5.91 Å². The molecule has 3 aliphatic rings. The molecule has 2 N–H and O–H groups in total. The number of benzene rings is 1. The van der Waals surface area contributed by atoms with Crippen LogP contribution in [0.2, 0.25) is 0 Å². The molecular formula is C25H40IN5O2. The normalized spacial score (nSPS) is 20.6. The summed E-state index contributed by atoms with van der Waals surface area (Å²) in [7, 11) is 0. The van der Waals surface area contributed by atoms with E-state index in [1.165, 1.54) is 58.0 Å². The number of carbonyl (C=O) groups excluding carboxylic acids is 1. The molecule has 0 spiro atoms. The minimum atomic E-state index is 0. The van der Waals surface area contributed by atoms with Crippen LogP contribution in [-0.2, 0) is 4.79 Å². The molecule has 0 aromatic heterocycles. The highest BCUT2D eigenvalue weighted by molar-refractivity contribution is 14.0. The van der Waals surface area contributed by atoms with Crippen molar-refractivity contribution in [1.82, 2.24) is 15.5 Å². The fourth-order valence-electron chi connectivity index (χ4n) is 5.19. The molecule has 2 aliphatic heterocycles. The molecule has 8 heteroatoms. The molecule has 1 amide bonds. The second-order valence-electron chi connectivity index (χ2n) is 9.16. The lowest BCUT2D eigenvalue weighted by atomic mass is 9.92. The summed E-state index contributed by atoms with van der Waals surface area (Å²) in [6.07, 6.45) is 10.2. The van der Waals surface area contributed by atoms with Crippen LogP contribution in [0.4, 0.5) is 5.69 Å². The Morgan fingerprint density at radius 2 is 1.88 bits per heavy atom. The van der Waals surface area contributed by atoms with Crippen LogP contribution >= 0.6 is 24.0 Å². The Bertz CT molecular complexity index is 776. The van der Waals surface area contributed by atoms with Crippen molar-refractivity contribution in [3.05, 3.63) is 24.3 Å². The molecule has 2 fully saturated rings. The van der Waals surface area contributed by atoms with Crippen LogP contribution in [0.25, 0.3) is 0 Å². The molecule has 0 atom stereocenters. The summed E-state index contributed by atoms with van der Waals surface area (Å²) in [4.78, 5) is 21.7. The molecular weight excluding hydrogens is 529 g/mol. The van der Waals surface area contributed by atoms with Crippen LogP contribution in [0.1, 0.15) is 58.3 Å². The first-order chi connectivity index (χ1) is 15.7. The predicted octanol–water partition coefficient (Wildman–Crippen LogP) is 3.77. The van der Waals surface area contributed by atoms with Gasteiger partial charge in [-0.25, -0.2) is 0 Å². The quantitative estimate of drug-likeness (QED) is 0.227. The Balaban J connectivity index is 0.00000306. The zero-order chi connectivity index (χ0) is 22.2. The first-order valence-corrected chi connectivity index (χ1v) is 12.6. The maximum Gasteiger partial charge on any atom is 0.265 e. The fraction of sp³-hybridized carbons (Fsp3) is 0.680. The number of amides is 1. The van der Waals surface area contributed by atoms with E-state index in [4.69, 9.17) is 9.73 Å². The van der Waals surface area contributed by atoms with Crippen LogP contribution in [0.5, 0.6) is 5.75 Å². The van der Waals surface area contributed by atoms with E-state index in [1.807, 2.05) is 29.2 Å². The van der Waals surface area contributed by atoms with E-state index in [-0.39, 0.29) is 36.5 Å². The number of hydrogen-bond acceptors (Lipinski definition) is 4. The first-order valence-electron chi connectivity index (χ1n) is 12.6. The first kappa shape index (κ1) is 26.1. The number of nitrogens with zero attached hydrogens (tertiary/aromatic N) is 3. The Morgan fingerprint density at radius 3 is 2.64 bits per heavy atom. The van der Waals surface area contributed by atoms with Gasteiger partial charge in [0.05, 0.1) is 5.69 Å². The van der Waals surface area contributed by atoms with E-state index in [9.17, 15) is 4.79 Å². The van der Waals surface area contributed by atoms with Gasteiger partial charge in [0.2, 0.25) is 0 Å². The lowest BCUT2D eigenvalue weighted by Crippen LogP contribution is -2.51. The maximum atomic E-state index is 12.3. The van der Waals surface area contributed by atoms with Gasteiger partial charge in [-0.15, -0.1) is 24.0 Å². The van der Waals surface area contributed by atoms with Gasteiger partial charge in [0, 0.05) is 44.8 Å². The number of halogens is 1. The van der Waals surface area contributed by atoms with Gasteiger partial charge in [-0.2, -0.15) is 0 Å². The number of fused-ring (bicyclic) bond motifs is 1. The Kier molecular flexibility index (Phi) is 10.6. The van der Waals surface area contributed by atoms with Crippen molar-refractivity contribution in [2.45, 2.75) is 70.4 Å². The minimum absolute atomic E-state index is 0. The molecule has 0 bridgehead atoms. The van der Waals surface area contributed by atoms with E-state index in [0.29, 0.717) is 19.1 Å². The number of ether oxygens (including phenoxy) is 1. The van der Waals surface area contributed by atoms with Gasteiger partial charge >= 0.3 is 0 Å². The number of hydrogen-bond donors (Lipinski definition) is 2. The largest absolute Gasteiger partial charge is 0.482 e. The van der Waals surface area contributed by atoms with E-state index in [2.05, 4.69) is 22.5 Å².